The SMILES string of the molecule is COc1nc(OC[C@@H]2CCCN2C(=O)O)nc2c1CCN(c1cccc3cccc(Cl)c13)C2. The number of nitrogens with zero attached hydrogens (tertiary/aromatic N) is 4. The van der Waals surface area contributed by atoms with E-state index < -0.39 is 6.09 Å². The van der Waals surface area contributed by atoms with E-state index in [1.165, 1.54) is 4.90 Å². The molecule has 2 aromatic carbocycles. The van der Waals surface area contributed by atoms with Crippen molar-refractivity contribution in [1.82, 2.24) is 14.9 Å². The fourth-order valence-electron chi connectivity index (χ4n) is 4.78. The van der Waals surface area contributed by atoms with Gasteiger partial charge in [0.2, 0.25) is 5.88 Å². The Balaban J connectivity index is 1.41. The maximum atomic E-state index is 11.4. The van der Waals surface area contributed by atoms with Crippen molar-refractivity contribution in [3.05, 3.63) is 52.7 Å². The first-order valence-electron chi connectivity index (χ1n) is 11.0. The average Bonchev–Trinajstić information content (AvgIpc) is 3.31. The summed E-state index contributed by atoms with van der Waals surface area (Å²) in [6, 6.07) is 12.1. The van der Waals surface area contributed by atoms with Crippen LogP contribution in [-0.2, 0) is 13.0 Å². The molecule has 1 amide bonds. The van der Waals surface area contributed by atoms with Gasteiger partial charge in [-0.25, -0.2) is 4.79 Å². The number of anilines is 1. The fourth-order valence-corrected chi connectivity index (χ4v) is 5.06. The minimum Gasteiger partial charge on any atom is -0.481 e. The molecule has 8 nitrogen and oxygen atoms in total. The number of benzene rings is 2. The molecule has 0 unspecified atom stereocenters. The monoisotopic (exact) mass is 468 g/mol. The molecule has 172 valence electrons. The molecule has 0 bridgehead atoms. The molecule has 3 heterocycles. The zero-order valence-corrected chi connectivity index (χ0v) is 19.1. The second kappa shape index (κ2) is 8.94. The minimum absolute atomic E-state index is 0.192. The lowest BCUT2D eigenvalue weighted by atomic mass is 10.0. The molecule has 1 fully saturated rings. The molecule has 0 radical (unpaired) electrons. The van der Waals surface area contributed by atoms with Crippen molar-refractivity contribution >= 4 is 34.2 Å². The second-order valence-electron chi connectivity index (χ2n) is 8.31. The molecule has 0 saturated carbocycles. The van der Waals surface area contributed by atoms with E-state index in [1.54, 1.807) is 7.11 Å². The van der Waals surface area contributed by atoms with E-state index in [9.17, 15) is 9.90 Å². The molecule has 0 aliphatic carbocycles. The van der Waals surface area contributed by atoms with Crippen LogP contribution in [0.25, 0.3) is 10.8 Å². The molecule has 33 heavy (non-hydrogen) atoms. The number of carboxylic acid groups (broad SMARTS) is 1. The number of halogens is 1. The van der Waals surface area contributed by atoms with Gasteiger partial charge in [-0.2, -0.15) is 9.97 Å². The number of carbonyl (C=O) groups is 1. The highest BCUT2D eigenvalue weighted by Crippen LogP contribution is 2.36. The van der Waals surface area contributed by atoms with Crippen LogP contribution in [0, 0.1) is 0 Å². The summed E-state index contributed by atoms with van der Waals surface area (Å²) < 4.78 is 11.4. The molecule has 3 aromatic rings. The van der Waals surface area contributed by atoms with Gasteiger partial charge < -0.3 is 24.4 Å². The number of fused-ring (bicyclic) bond motifs is 2. The molecule has 1 aromatic heterocycles. The topological polar surface area (TPSA) is 88.0 Å². The number of amides is 1. The lowest BCUT2D eigenvalue weighted by Crippen LogP contribution is -2.38. The van der Waals surface area contributed by atoms with Crippen LogP contribution in [0.15, 0.2) is 36.4 Å². The maximum absolute atomic E-state index is 11.4. The Labute approximate surface area is 196 Å². The van der Waals surface area contributed by atoms with E-state index in [1.807, 2.05) is 18.2 Å². The first kappa shape index (κ1) is 21.6. The zero-order valence-electron chi connectivity index (χ0n) is 18.3. The van der Waals surface area contributed by atoms with Crippen LogP contribution >= 0.6 is 11.6 Å². The normalized spacial score (nSPS) is 17.8. The number of hydrogen-bond acceptors (Lipinski definition) is 6. The highest BCUT2D eigenvalue weighted by molar-refractivity contribution is 6.36. The fraction of sp³-hybridized carbons (Fsp3) is 0.375. The van der Waals surface area contributed by atoms with E-state index in [0.29, 0.717) is 19.0 Å². The number of aromatic nitrogens is 2. The third kappa shape index (κ3) is 4.11. The van der Waals surface area contributed by atoms with Crippen molar-refractivity contribution in [3.63, 3.8) is 0 Å². The highest BCUT2D eigenvalue weighted by atomic mass is 35.5. The first-order valence-corrected chi connectivity index (χ1v) is 11.4. The number of ether oxygens (including phenoxy) is 2. The Kier molecular flexibility index (Phi) is 5.85. The molecule has 1 saturated heterocycles. The van der Waals surface area contributed by atoms with Gasteiger partial charge in [0.25, 0.3) is 0 Å². The van der Waals surface area contributed by atoms with Crippen LogP contribution in [0.4, 0.5) is 10.5 Å². The van der Waals surface area contributed by atoms with Gasteiger partial charge in [-0.15, -0.1) is 0 Å². The van der Waals surface area contributed by atoms with Gasteiger partial charge in [-0.3, -0.25) is 0 Å². The molecule has 0 spiro atoms. The van der Waals surface area contributed by atoms with Gasteiger partial charge in [0.05, 0.1) is 30.4 Å². The molecule has 5 rings (SSSR count). The first-order chi connectivity index (χ1) is 16.0. The van der Waals surface area contributed by atoms with Gasteiger partial charge in [-0.1, -0.05) is 35.9 Å². The summed E-state index contributed by atoms with van der Waals surface area (Å²) in [5, 5.41) is 12.2. The smallest absolute Gasteiger partial charge is 0.407 e. The summed E-state index contributed by atoms with van der Waals surface area (Å²) in [6.45, 7) is 2.10. The average molecular weight is 469 g/mol. The van der Waals surface area contributed by atoms with Crippen molar-refractivity contribution < 1.29 is 19.4 Å². The van der Waals surface area contributed by atoms with E-state index in [2.05, 4.69) is 33.1 Å². The van der Waals surface area contributed by atoms with Gasteiger partial charge in [0.1, 0.15) is 6.61 Å². The Morgan fingerprint density at radius 1 is 1.21 bits per heavy atom. The van der Waals surface area contributed by atoms with Crippen LogP contribution in [0.2, 0.25) is 5.02 Å². The van der Waals surface area contributed by atoms with E-state index in [-0.39, 0.29) is 18.7 Å². The number of methoxy groups -OCH3 is 1. The molecular formula is C24H25ClN4O4. The molecular weight excluding hydrogens is 444 g/mol. The third-order valence-electron chi connectivity index (χ3n) is 6.40. The minimum atomic E-state index is -0.922. The number of rotatable bonds is 5. The quantitative estimate of drug-likeness (QED) is 0.594. The lowest BCUT2D eigenvalue weighted by Gasteiger charge is -2.31. The Morgan fingerprint density at radius 3 is 2.82 bits per heavy atom. The predicted octanol–water partition coefficient (Wildman–Crippen LogP) is 4.38. The third-order valence-corrected chi connectivity index (χ3v) is 6.72. The number of likely N-dealkylation sites (tertiary alicyclic amines) is 1. The van der Waals surface area contributed by atoms with Crippen molar-refractivity contribution in [2.45, 2.75) is 31.8 Å². The van der Waals surface area contributed by atoms with Crippen molar-refractivity contribution in [2.24, 2.45) is 0 Å². The molecule has 2 aliphatic heterocycles. The number of hydrogen-bond donors (Lipinski definition) is 1. The molecule has 2 aliphatic rings. The standard InChI is InChI=1S/C24H25ClN4O4/c1-32-22-17-10-12-28(20-9-3-6-15-5-2-8-18(25)21(15)20)13-19(17)26-23(27-22)33-14-16-7-4-11-29(16)24(30)31/h2-3,5-6,8-9,16H,4,7,10-14H2,1H3,(H,30,31)/t16-/m0/s1. The highest BCUT2D eigenvalue weighted by Gasteiger charge is 2.30. The van der Waals surface area contributed by atoms with Gasteiger partial charge in [-0.05, 0) is 36.8 Å². The predicted molar refractivity (Wildman–Crippen MR) is 126 cm³/mol. The van der Waals surface area contributed by atoms with Gasteiger partial charge >= 0.3 is 12.1 Å². The van der Waals surface area contributed by atoms with Crippen molar-refractivity contribution in [2.75, 3.05) is 31.7 Å². The molecule has 9 heteroatoms. The summed E-state index contributed by atoms with van der Waals surface area (Å²) in [6.07, 6.45) is 1.41. The molecule has 1 N–H and O–H groups in total. The second-order valence-corrected chi connectivity index (χ2v) is 8.72. The van der Waals surface area contributed by atoms with E-state index >= 15 is 0 Å². The van der Waals surface area contributed by atoms with Crippen LogP contribution in [-0.4, -0.2) is 58.9 Å². The van der Waals surface area contributed by atoms with Crippen LogP contribution in [0.1, 0.15) is 24.1 Å². The summed E-state index contributed by atoms with van der Waals surface area (Å²) in [7, 11) is 1.59. The summed E-state index contributed by atoms with van der Waals surface area (Å²) in [4.78, 5) is 24.2. The van der Waals surface area contributed by atoms with Gasteiger partial charge in [0, 0.05) is 29.7 Å². The van der Waals surface area contributed by atoms with Crippen LogP contribution < -0.4 is 14.4 Å². The largest absolute Gasteiger partial charge is 0.481 e. The zero-order chi connectivity index (χ0) is 22.9. The Hall–Kier alpha value is -3.26. The summed E-state index contributed by atoms with van der Waals surface area (Å²) >= 11 is 6.55. The summed E-state index contributed by atoms with van der Waals surface area (Å²) in [5.74, 6) is 0.507. The van der Waals surface area contributed by atoms with Crippen molar-refractivity contribution in [1.29, 1.82) is 0 Å². The maximum Gasteiger partial charge on any atom is 0.407 e. The molecule has 1 atom stereocenters. The lowest BCUT2D eigenvalue weighted by molar-refractivity contribution is 0.120. The summed E-state index contributed by atoms with van der Waals surface area (Å²) in [5.41, 5.74) is 2.88. The van der Waals surface area contributed by atoms with E-state index in [0.717, 1.165) is 58.5 Å². The Morgan fingerprint density at radius 2 is 2.03 bits per heavy atom. The van der Waals surface area contributed by atoms with Crippen LogP contribution in [0.3, 0.4) is 0 Å². The van der Waals surface area contributed by atoms with Crippen LogP contribution in [0.5, 0.6) is 11.9 Å². The van der Waals surface area contributed by atoms with Crippen molar-refractivity contribution in [3.8, 4) is 11.9 Å². The van der Waals surface area contributed by atoms with E-state index in [4.69, 9.17) is 21.1 Å². The van der Waals surface area contributed by atoms with Gasteiger partial charge in [0.15, 0.2) is 0 Å². The Bertz CT molecular complexity index is 1200.